The van der Waals surface area contributed by atoms with E-state index in [1.165, 1.54) is 6.92 Å². The van der Waals surface area contributed by atoms with Crippen LogP contribution >= 0.6 is 0 Å². The van der Waals surface area contributed by atoms with E-state index in [1.807, 2.05) is 0 Å². The summed E-state index contributed by atoms with van der Waals surface area (Å²) in [5.41, 5.74) is -3.94. The Morgan fingerprint density at radius 1 is 1.08 bits per heavy atom. The number of alkyl halides is 6. The molecule has 1 saturated carbocycles. The molecule has 0 spiro atoms. The minimum Gasteiger partial charge on any atom is -0.481 e. The number of hydrogen-bond acceptors (Lipinski definition) is 2. The van der Waals surface area contributed by atoms with Crippen LogP contribution in [0, 0.1) is 5.92 Å². The van der Waals surface area contributed by atoms with Gasteiger partial charge in [-0.1, -0.05) is 6.92 Å². The van der Waals surface area contributed by atoms with E-state index in [0.717, 1.165) is 4.90 Å². The van der Waals surface area contributed by atoms with E-state index in [9.17, 15) is 35.9 Å². The average Bonchev–Trinajstić information content (AvgIpc) is 3.34. The van der Waals surface area contributed by atoms with Gasteiger partial charge in [0, 0.05) is 18.2 Å². The van der Waals surface area contributed by atoms with E-state index in [0.29, 0.717) is 25.0 Å². The van der Waals surface area contributed by atoms with Crippen molar-refractivity contribution in [3.05, 3.63) is 34.9 Å². The molecule has 0 aromatic heterocycles. The lowest BCUT2D eigenvalue weighted by molar-refractivity contribution is -0.143. The zero-order valence-electron chi connectivity index (χ0n) is 13.5. The van der Waals surface area contributed by atoms with Crippen LogP contribution in [0.5, 0.6) is 0 Å². The van der Waals surface area contributed by atoms with Crippen LogP contribution in [-0.4, -0.2) is 34.5 Å². The minimum atomic E-state index is -5.06. The summed E-state index contributed by atoms with van der Waals surface area (Å²) in [5, 5.41) is 8.95. The topological polar surface area (TPSA) is 57.6 Å². The second-order valence-electron chi connectivity index (χ2n) is 6.22. The van der Waals surface area contributed by atoms with Crippen molar-refractivity contribution in [2.24, 2.45) is 5.92 Å². The summed E-state index contributed by atoms with van der Waals surface area (Å²) in [4.78, 5) is 24.5. The number of benzene rings is 1. The summed E-state index contributed by atoms with van der Waals surface area (Å²) < 4.78 is 77.5. The SMILES string of the molecule is CC(CN(C(=O)c1cc(C(F)(F)F)cc(C(F)(F)F)c1)C1CC1)C(=O)O. The Kier molecular flexibility index (Phi) is 5.25. The van der Waals surface area contributed by atoms with Crippen molar-refractivity contribution in [2.75, 3.05) is 6.54 Å². The first-order valence-electron chi connectivity index (χ1n) is 7.64. The predicted molar refractivity (Wildman–Crippen MR) is 77.3 cm³/mol. The molecule has 1 N–H and O–H groups in total. The quantitative estimate of drug-likeness (QED) is 0.781. The molecule has 1 atom stereocenters. The Morgan fingerprint density at radius 3 is 1.88 bits per heavy atom. The van der Waals surface area contributed by atoms with E-state index in [2.05, 4.69) is 0 Å². The van der Waals surface area contributed by atoms with Gasteiger partial charge in [0.15, 0.2) is 0 Å². The lowest BCUT2D eigenvalue weighted by atomic mass is 10.0. The molecule has 1 fully saturated rings. The van der Waals surface area contributed by atoms with E-state index in [-0.39, 0.29) is 18.7 Å². The van der Waals surface area contributed by atoms with Crippen molar-refractivity contribution in [1.29, 1.82) is 0 Å². The maximum absolute atomic E-state index is 12.9. The van der Waals surface area contributed by atoms with Crippen molar-refractivity contribution >= 4 is 11.9 Å². The third kappa shape index (κ3) is 4.67. The van der Waals surface area contributed by atoms with E-state index < -0.39 is 46.8 Å². The van der Waals surface area contributed by atoms with Crippen molar-refractivity contribution in [1.82, 2.24) is 4.90 Å². The van der Waals surface area contributed by atoms with Gasteiger partial charge in [-0.15, -0.1) is 0 Å². The smallest absolute Gasteiger partial charge is 0.416 e. The molecule has 1 aromatic carbocycles. The molecule has 144 valence electrons. The molecule has 1 unspecified atom stereocenters. The molecule has 0 radical (unpaired) electrons. The summed E-state index contributed by atoms with van der Waals surface area (Å²) in [6.45, 7) is 1.01. The van der Waals surface area contributed by atoms with Gasteiger partial charge in [-0.2, -0.15) is 26.3 Å². The molecular formula is C16H15F6NO3. The predicted octanol–water partition coefficient (Wildman–Crippen LogP) is 4.05. The maximum atomic E-state index is 12.9. The highest BCUT2D eigenvalue weighted by atomic mass is 19.4. The normalized spacial score (nSPS) is 16.3. The molecule has 4 nitrogen and oxygen atoms in total. The fourth-order valence-corrected chi connectivity index (χ4v) is 2.40. The van der Waals surface area contributed by atoms with E-state index in [4.69, 9.17) is 5.11 Å². The minimum absolute atomic E-state index is 0.0574. The van der Waals surface area contributed by atoms with Crippen LogP contribution in [0.15, 0.2) is 18.2 Å². The molecule has 0 heterocycles. The Hall–Kier alpha value is -2.26. The number of halogens is 6. The number of carbonyl (C=O) groups excluding carboxylic acids is 1. The van der Waals surface area contributed by atoms with E-state index >= 15 is 0 Å². The van der Waals surface area contributed by atoms with Crippen molar-refractivity contribution in [3.63, 3.8) is 0 Å². The Labute approximate surface area is 144 Å². The van der Waals surface area contributed by atoms with Crippen LogP contribution in [0.2, 0.25) is 0 Å². The summed E-state index contributed by atoms with van der Waals surface area (Å²) >= 11 is 0. The van der Waals surface area contributed by atoms with Gasteiger partial charge < -0.3 is 10.0 Å². The van der Waals surface area contributed by atoms with Crippen LogP contribution in [0.1, 0.15) is 41.3 Å². The van der Waals surface area contributed by atoms with Crippen LogP contribution in [0.25, 0.3) is 0 Å². The van der Waals surface area contributed by atoms with Gasteiger partial charge in [-0.05, 0) is 31.0 Å². The molecule has 0 bridgehead atoms. The van der Waals surface area contributed by atoms with Crippen LogP contribution in [0.4, 0.5) is 26.3 Å². The molecule has 0 aliphatic heterocycles. The molecule has 1 aromatic rings. The van der Waals surface area contributed by atoms with Crippen molar-refractivity contribution < 1.29 is 41.0 Å². The fourth-order valence-electron chi connectivity index (χ4n) is 2.40. The van der Waals surface area contributed by atoms with Gasteiger partial charge in [0.05, 0.1) is 17.0 Å². The summed E-state index contributed by atoms with van der Waals surface area (Å²) in [7, 11) is 0. The van der Waals surface area contributed by atoms with E-state index in [1.54, 1.807) is 0 Å². The number of hydrogen-bond donors (Lipinski definition) is 1. The Bertz CT molecular complexity index is 677. The summed E-state index contributed by atoms with van der Waals surface area (Å²) in [5.74, 6) is -3.27. The molecule has 1 aliphatic rings. The molecule has 2 rings (SSSR count). The molecule has 26 heavy (non-hydrogen) atoms. The largest absolute Gasteiger partial charge is 0.481 e. The highest BCUT2D eigenvalue weighted by molar-refractivity contribution is 5.95. The molecule has 1 amide bonds. The van der Waals surface area contributed by atoms with Gasteiger partial charge >= 0.3 is 18.3 Å². The monoisotopic (exact) mass is 383 g/mol. The third-order valence-electron chi connectivity index (χ3n) is 3.98. The number of aliphatic carboxylic acids is 1. The van der Waals surface area contributed by atoms with Gasteiger partial charge in [-0.3, -0.25) is 9.59 Å². The Balaban J connectivity index is 2.44. The maximum Gasteiger partial charge on any atom is 0.416 e. The fraction of sp³-hybridized carbons (Fsp3) is 0.500. The van der Waals surface area contributed by atoms with Gasteiger partial charge in [0.25, 0.3) is 5.91 Å². The molecular weight excluding hydrogens is 368 g/mol. The van der Waals surface area contributed by atoms with Crippen LogP contribution < -0.4 is 0 Å². The van der Waals surface area contributed by atoms with Gasteiger partial charge in [0.2, 0.25) is 0 Å². The molecule has 1 aliphatic carbocycles. The lowest BCUT2D eigenvalue weighted by Crippen LogP contribution is -2.38. The van der Waals surface area contributed by atoms with Gasteiger partial charge in [-0.25, -0.2) is 0 Å². The lowest BCUT2D eigenvalue weighted by Gasteiger charge is -2.25. The zero-order chi connectivity index (χ0) is 19.9. The number of carboxylic acid groups (broad SMARTS) is 1. The summed E-state index contributed by atoms with van der Waals surface area (Å²) in [6, 6.07) is 0.280. The van der Waals surface area contributed by atoms with Crippen molar-refractivity contribution in [3.8, 4) is 0 Å². The number of amides is 1. The average molecular weight is 383 g/mol. The second-order valence-corrected chi connectivity index (χ2v) is 6.22. The first-order chi connectivity index (χ1) is 11.8. The number of rotatable bonds is 5. The van der Waals surface area contributed by atoms with Gasteiger partial charge in [0.1, 0.15) is 0 Å². The van der Waals surface area contributed by atoms with Crippen molar-refractivity contribution in [2.45, 2.75) is 38.2 Å². The highest BCUT2D eigenvalue weighted by Gasteiger charge is 2.40. The first-order valence-corrected chi connectivity index (χ1v) is 7.64. The molecule has 10 heteroatoms. The molecule has 0 saturated heterocycles. The zero-order valence-corrected chi connectivity index (χ0v) is 13.5. The number of nitrogens with zero attached hydrogens (tertiary/aromatic N) is 1. The Morgan fingerprint density at radius 2 is 1.54 bits per heavy atom. The summed E-state index contributed by atoms with van der Waals surface area (Å²) in [6.07, 6.45) is -9.09. The van der Waals surface area contributed by atoms with Crippen LogP contribution in [0.3, 0.4) is 0 Å². The standard InChI is InChI=1S/C16H15F6NO3/c1-8(14(25)26)7-23(12-2-3-12)13(24)9-4-10(15(17,18)19)6-11(5-9)16(20,21)22/h4-6,8,12H,2-3,7H2,1H3,(H,25,26). The second kappa shape index (κ2) is 6.81. The third-order valence-corrected chi connectivity index (χ3v) is 3.98. The first kappa shape index (κ1) is 20.1. The van der Waals surface area contributed by atoms with Crippen LogP contribution in [-0.2, 0) is 17.1 Å². The highest BCUT2D eigenvalue weighted by Crippen LogP contribution is 2.37. The number of carbonyl (C=O) groups is 2. The number of carboxylic acids is 1.